The highest BCUT2D eigenvalue weighted by Gasteiger charge is 2.29. The number of methoxy groups -OCH3 is 1. The highest BCUT2D eigenvalue weighted by atomic mass is 32.1. The fourth-order valence-electron chi connectivity index (χ4n) is 2.77. The molecule has 100 valence electrons. The van der Waals surface area contributed by atoms with Crippen LogP contribution in [0.25, 0.3) is 0 Å². The van der Waals surface area contributed by atoms with Crippen LogP contribution in [0.2, 0.25) is 0 Å². The van der Waals surface area contributed by atoms with E-state index >= 15 is 0 Å². The normalized spacial score (nSPS) is 20.7. The van der Waals surface area contributed by atoms with Crippen molar-refractivity contribution in [3.63, 3.8) is 0 Å². The summed E-state index contributed by atoms with van der Waals surface area (Å²) >= 11 is 1.84. The van der Waals surface area contributed by atoms with Gasteiger partial charge in [-0.15, -0.1) is 11.3 Å². The minimum atomic E-state index is 0.661. The molecule has 2 fully saturated rings. The first kappa shape index (κ1) is 12.6. The predicted molar refractivity (Wildman–Crippen MR) is 73.9 cm³/mol. The maximum atomic E-state index is 5.20. The van der Waals surface area contributed by atoms with E-state index in [2.05, 4.69) is 5.32 Å². The summed E-state index contributed by atoms with van der Waals surface area (Å²) in [5.74, 6) is 0.743. The van der Waals surface area contributed by atoms with Crippen LogP contribution in [0.3, 0.4) is 0 Å². The molecular formula is C14H22N2OS. The van der Waals surface area contributed by atoms with Gasteiger partial charge in [0.15, 0.2) is 0 Å². The standard InChI is InChI=1S/C14H22N2OS/c1-17-9-13-16-14(10-6-7-10)12(18-13)8-15-11-4-2-3-5-11/h10-11,15H,2-9H2,1H3. The number of thiazole rings is 1. The lowest BCUT2D eigenvalue weighted by molar-refractivity contribution is 0.184. The van der Waals surface area contributed by atoms with Crippen LogP contribution in [-0.2, 0) is 17.9 Å². The molecule has 3 rings (SSSR count). The van der Waals surface area contributed by atoms with Gasteiger partial charge in [0.1, 0.15) is 5.01 Å². The van der Waals surface area contributed by atoms with Crippen molar-refractivity contribution in [2.45, 2.75) is 63.6 Å². The fraction of sp³-hybridized carbons (Fsp3) is 0.786. The van der Waals surface area contributed by atoms with Crippen molar-refractivity contribution >= 4 is 11.3 Å². The van der Waals surface area contributed by atoms with Crippen LogP contribution in [0, 0.1) is 0 Å². The molecule has 0 spiro atoms. The zero-order valence-corrected chi connectivity index (χ0v) is 11.9. The molecule has 0 radical (unpaired) electrons. The Morgan fingerprint density at radius 3 is 2.72 bits per heavy atom. The van der Waals surface area contributed by atoms with Gasteiger partial charge in [-0.1, -0.05) is 12.8 Å². The van der Waals surface area contributed by atoms with Crippen molar-refractivity contribution in [1.29, 1.82) is 0 Å². The quantitative estimate of drug-likeness (QED) is 0.858. The predicted octanol–water partition coefficient (Wildman–Crippen LogP) is 3.20. The fourth-order valence-corrected chi connectivity index (χ4v) is 3.85. The molecule has 0 bridgehead atoms. The number of nitrogens with zero attached hydrogens (tertiary/aromatic N) is 1. The zero-order valence-electron chi connectivity index (χ0n) is 11.1. The van der Waals surface area contributed by atoms with Gasteiger partial charge in [0.05, 0.1) is 12.3 Å². The summed E-state index contributed by atoms with van der Waals surface area (Å²) in [5, 5.41) is 4.85. The van der Waals surface area contributed by atoms with Crippen LogP contribution < -0.4 is 5.32 Å². The largest absolute Gasteiger partial charge is 0.378 e. The number of nitrogens with one attached hydrogen (secondary N) is 1. The van der Waals surface area contributed by atoms with Crippen LogP contribution in [0.4, 0.5) is 0 Å². The molecule has 2 aliphatic rings. The van der Waals surface area contributed by atoms with Crippen molar-refractivity contribution in [2.24, 2.45) is 0 Å². The van der Waals surface area contributed by atoms with Crippen molar-refractivity contribution < 1.29 is 4.74 Å². The van der Waals surface area contributed by atoms with E-state index in [4.69, 9.17) is 9.72 Å². The Kier molecular flexibility index (Phi) is 3.97. The maximum Gasteiger partial charge on any atom is 0.119 e. The molecule has 4 heteroatoms. The Labute approximate surface area is 113 Å². The van der Waals surface area contributed by atoms with E-state index in [1.807, 2.05) is 11.3 Å². The van der Waals surface area contributed by atoms with Crippen LogP contribution in [0.1, 0.15) is 60.0 Å². The summed E-state index contributed by atoms with van der Waals surface area (Å²) in [6, 6.07) is 0.741. The van der Waals surface area contributed by atoms with E-state index in [0.717, 1.165) is 23.5 Å². The van der Waals surface area contributed by atoms with Gasteiger partial charge < -0.3 is 10.1 Å². The molecule has 0 aliphatic heterocycles. The summed E-state index contributed by atoms with van der Waals surface area (Å²) in [6.45, 7) is 1.67. The van der Waals surface area contributed by atoms with Crippen LogP contribution >= 0.6 is 11.3 Å². The van der Waals surface area contributed by atoms with Gasteiger partial charge in [-0.05, 0) is 25.7 Å². The SMILES string of the molecule is COCc1nc(C2CC2)c(CNC2CCCC2)s1. The molecule has 0 saturated heterocycles. The lowest BCUT2D eigenvalue weighted by Gasteiger charge is -2.11. The minimum absolute atomic E-state index is 0.661. The van der Waals surface area contributed by atoms with Gasteiger partial charge in [0.2, 0.25) is 0 Å². The topological polar surface area (TPSA) is 34.1 Å². The summed E-state index contributed by atoms with van der Waals surface area (Å²) in [7, 11) is 1.74. The van der Waals surface area contributed by atoms with Crippen LogP contribution in [-0.4, -0.2) is 18.1 Å². The van der Waals surface area contributed by atoms with Crippen molar-refractivity contribution in [3.8, 4) is 0 Å². The van der Waals surface area contributed by atoms with Gasteiger partial charge >= 0.3 is 0 Å². The third-order valence-electron chi connectivity index (χ3n) is 3.91. The molecule has 1 N–H and O–H groups in total. The van der Waals surface area contributed by atoms with Crippen molar-refractivity contribution in [3.05, 3.63) is 15.6 Å². The third-order valence-corrected chi connectivity index (χ3v) is 4.95. The summed E-state index contributed by atoms with van der Waals surface area (Å²) in [6.07, 6.45) is 8.14. The molecule has 2 saturated carbocycles. The average Bonchev–Trinajstić information content (AvgIpc) is 2.93. The molecular weight excluding hydrogens is 244 g/mol. The molecule has 0 unspecified atom stereocenters. The number of ether oxygens (including phenoxy) is 1. The third kappa shape index (κ3) is 2.92. The van der Waals surface area contributed by atoms with E-state index in [0.29, 0.717) is 6.61 Å². The Bertz CT molecular complexity index is 394. The Hall–Kier alpha value is -0.450. The summed E-state index contributed by atoms with van der Waals surface area (Å²) < 4.78 is 5.20. The number of hydrogen-bond donors (Lipinski definition) is 1. The van der Waals surface area contributed by atoms with Crippen molar-refractivity contribution in [1.82, 2.24) is 10.3 Å². The number of hydrogen-bond acceptors (Lipinski definition) is 4. The van der Waals surface area contributed by atoms with E-state index < -0.39 is 0 Å². The van der Waals surface area contributed by atoms with E-state index in [1.165, 1.54) is 49.1 Å². The number of rotatable bonds is 6. The minimum Gasteiger partial charge on any atom is -0.378 e. The van der Waals surface area contributed by atoms with E-state index in [9.17, 15) is 0 Å². The molecule has 2 aliphatic carbocycles. The van der Waals surface area contributed by atoms with E-state index in [-0.39, 0.29) is 0 Å². The highest BCUT2D eigenvalue weighted by Crippen LogP contribution is 2.42. The van der Waals surface area contributed by atoms with Gasteiger partial charge in [0.25, 0.3) is 0 Å². The van der Waals surface area contributed by atoms with Gasteiger partial charge in [-0.3, -0.25) is 0 Å². The summed E-state index contributed by atoms with van der Waals surface area (Å²) in [4.78, 5) is 6.22. The Morgan fingerprint density at radius 2 is 2.06 bits per heavy atom. The second-order valence-electron chi connectivity index (χ2n) is 5.49. The van der Waals surface area contributed by atoms with Gasteiger partial charge in [-0.25, -0.2) is 4.98 Å². The smallest absolute Gasteiger partial charge is 0.119 e. The Balaban J connectivity index is 1.64. The first-order valence-electron chi connectivity index (χ1n) is 7.07. The number of aromatic nitrogens is 1. The molecule has 1 heterocycles. The summed E-state index contributed by atoms with van der Waals surface area (Å²) in [5.41, 5.74) is 1.36. The first-order chi connectivity index (χ1) is 8.86. The molecule has 0 aromatic carbocycles. The van der Waals surface area contributed by atoms with Crippen molar-refractivity contribution in [2.75, 3.05) is 7.11 Å². The van der Waals surface area contributed by atoms with E-state index in [1.54, 1.807) is 7.11 Å². The zero-order chi connectivity index (χ0) is 12.4. The molecule has 1 aromatic rings. The average molecular weight is 266 g/mol. The van der Waals surface area contributed by atoms with Crippen LogP contribution in [0.15, 0.2) is 0 Å². The van der Waals surface area contributed by atoms with Gasteiger partial charge in [-0.2, -0.15) is 0 Å². The lowest BCUT2D eigenvalue weighted by Crippen LogP contribution is -2.25. The molecule has 18 heavy (non-hydrogen) atoms. The molecule has 1 aromatic heterocycles. The second kappa shape index (κ2) is 5.68. The first-order valence-corrected chi connectivity index (χ1v) is 7.89. The monoisotopic (exact) mass is 266 g/mol. The second-order valence-corrected chi connectivity index (χ2v) is 6.65. The molecule has 0 atom stereocenters. The maximum absolute atomic E-state index is 5.20. The Morgan fingerprint density at radius 1 is 1.28 bits per heavy atom. The van der Waals surface area contributed by atoms with Gasteiger partial charge in [0, 0.05) is 30.5 Å². The molecule has 3 nitrogen and oxygen atoms in total. The lowest BCUT2D eigenvalue weighted by atomic mass is 10.2. The highest BCUT2D eigenvalue weighted by molar-refractivity contribution is 7.11. The molecule has 0 amide bonds. The van der Waals surface area contributed by atoms with Crippen LogP contribution in [0.5, 0.6) is 0 Å².